The zero-order chi connectivity index (χ0) is 14.8. The van der Waals surface area contributed by atoms with E-state index < -0.39 is 0 Å². The molecule has 1 N–H and O–H groups in total. The van der Waals surface area contributed by atoms with Crippen molar-refractivity contribution in [3.8, 4) is 0 Å². The number of aromatic nitrogens is 4. The van der Waals surface area contributed by atoms with Crippen molar-refractivity contribution >= 4 is 0 Å². The second-order valence-corrected chi connectivity index (χ2v) is 5.27. The topological polar surface area (TPSA) is 67.6 Å². The summed E-state index contributed by atoms with van der Waals surface area (Å²) >= 11 is 0. The highest BCUT2D eigenvalue weighted by Crippen LogP contribution is 2.30. The van der Waals surface area contributed by atoms with Gasteiger partial charge in [0.1, 0.15) is 0 Å². The maximum atomic E-state index is 5.55. The zero-order valence-corrected chi connectivity index (χ0v) is 12.4. The van der Waals surface area contributed by atoms with Gasteiger partial charge in [-0.1, -0.05) is 18.2 Å². The summed E-state index contributed by atoms with van der Waals surface area (Å²) in [5.41, 5.74) is 4.88. The van der Waals surface area contributed by atoms with Crippen LogP contribution < -0.4 is 0 Å². The molecule has 5 heteroatoms. The average Bonchev–Trinajstić information content (AvgIpc) is 3.11. The van der Waals surface area contributed by atoms with Crippen molar-refractivity contribution in [3.63, 3.8) is 0 Å². The van der Waals surface area contributed by atoms with Crippen LogP contribution in [0.5, 0.6) is 0 Å². The molecule has 2 aromatic heterocycles. The number of rotatable bonds is 4. The van der Waals surface area contributed by atoms with Crippen molar-refractivity contribution in [1.82, 2.24) is 20.2 Å². The molecule has 1 aromatic carbocycles. The molecule has 0 saturated heterocycles. The molecule has 0 radical (unpaired) electrons. The van der Waals surface area contributed by atoms with Crippen LogP contribution in [-0.4, -0.2) is 20.2 Å². The summed E-state index contributed by atoms with van der Waals surface area (Å²) in [5.74, 6) is 1.37. The number of aryl methyl sites for hydroxylation is 2. The highest BCUT2D eigenvalue weighted by atomic mass is 16.4. The van der Waals surface area contributed by atoms with E-state index in [4.69, 9.17) is 4.42 Å². The van der Waals surface area contributed by atoms with E-state index in [0.29, 0.717) is 18.2 Å². The third-order valence-corrected chi connectivity index (χ3v) is 3.86. The van der Waals surface area contributed by atoms with Gasteiger partial charge < -0.3 is 9.40 Å². The molecule has 0 aliphatic rings. The van der Waals surface area contributed by atoms with Gasteiger partial charge in [-0.25, -0.2) is 4.98 Å². The summed E-state index contributed by atoms with van der Waals surface area (Å²) in [5, 5.41) is 8.03. The van der Waals surface area contributed by atoms with Gasteiger partial charge in [0, 0.05) is 31.2 Å². The first-order chi connectivity index (χ1) is 10.1. The van der Waals surface area contributed by atoms with Crippen LogP contribution in [-0.2, 0) is 6.42 Å². The largest absolute Gasteiger partial charge is 0.426 e. The molecule has 0 saturated carbocycles. The van der Waals surface area contributed by atoms with Crippen molar-refractivity contribution in [1.29, 1.82) is 0 Å². The van der Waals surface area contributed by atoms with Crippen LogP contribution in [0.1, 0.15) is 40.1 Å². The monoisotopic (exact) mass is 282 g/mol. The van der Waals surface area contributed by atoms with E-state index in [-0.39, 0.29) is 5.92 Å². The highest BCUT2D eigenvalue weighted by Gasteiger charge is 2.21. The SMILES string of the molecule is Cc1nnc(CC(c2cnc[nH]2)c2cccc(C)c2C)o1. The third kappa shape index (κ3) is 2.72. The molecule has 0 aliphatic carbocycles. The van der Waals surface area contributed by atoms with E-state index in [1.165, 1.54) is 16.7 Å². The summed E-state index contributed by atoms with van der Waals surface area (Å²) in [6.45, 7) is 6.08. The zero-order valence-electron chi connectivity index (χ0n) is 12.4. The molecule has 0 bridgehead atoms. The van der Waals surface area contributed by atoms with E-state index in [2.05, 4.69) is 52.2 Å². The first-order valence-electron chi connectivity index (χ1n) is 6.98. The minimum Gasteiger partial charge on any atom is -0.426 e. The Labute approximate surface area is 123 Å². The van der Waals surface area contributed by atoms with Crippen LogP contribution in [0, 0.1) is 20.8 Å². The molecule has 0 fully saturated rings. The Morgan fingerprint density at radius 3 is 2.71 bits per heavy atom. The van der Waals surface area contributed by atoms with E-state index in [1.807, 2.05) is 6.20 Å². The molecule has 0 aliphatic heterocycles. The molecular weight excluding hydrogens is 264 g/mol. The molecule has 5 nitrogen and oxygen atoms in total. The van der Waals surface area contributed by atoms with E-state index in [1.54, 1.807) is 13.3 Å². The van der Waals surface area contributed by atoms with Crippen LogP contribution in [0.2, 0.25) is 0 Å². The Balaban J connectivity index is 2.02. The standard InChI is InChI=1S/C16H18N4O/c1-10-5-4-6-13(11(10)2)14(15-8-17-9-18-15)7-16-20-19-12(3)21-16/h4-6,8-9,14H,7H2,1-3H3,(H,17,18). The van der Waals surface area contributed by atoms with Crippen molar-refractivity contribution in [2.45, 2.75) is 33.1 Å². The van der Waals surface area contributed by atoms with Gasteiger partial charge >= 0.3 is 0 Å². The fourth-order valence-corrected chi connectivity index (χ4v) is 2.59. The predicted molar refractivity (Wildman–Crippen MR) is 79.1 cm³/mol. The molecule has 3 rings (SSSR count). The second kappa shape index (κ2) is 5.52. The first kappa shape index (κ1) is 13.5. The number of nitrogens with one attached hydrogen (secondary N) is 1. The van der Waals surface area contributed by atoms with Gasteiger partial charge in [-0.3, -0.25) is 0 Å². The summed E-state index contributed by atoms with van der Waals surface area (Å²) < 4.78 is 5.55. The lowest BCUT2D eigenvalue weighted by molar-refractivity contribution is 0.457. The minimum atomic E-state index is 0.132. The maximum Gasteiger partial charge on any atom is 0.217 e. The lowest BCUT2D eigenvalue weighted by Gasteiger charge is -2.18. The lowest BCUT2D eigenvalue weighted by atomic mass is 9.88. The molecule has 0 amide bonds. The van der Waals surface area contributed by atoms with Crippen molar-refractivity contribution < 1.29 is 4.42 Å². The lowest BCUT2D eigenvalue weighted by Crippen LogP contribution is -2.08. The smallest absolute Gasteiger partial charge is 0.217 e. The van der Waals surface area contributed by atoms with Crippen LogP contribution in [0.3, 0.4) is 0 Å². The number of H-pyrrole nitrogens is 1. The number of aromatic amines is 1. The van der Waals surface area contributed by atoms with Crippen molar-refractivity contribution in [2.24, 2.45) is 0 Å². The summed E-state index contributed by atoms with van der Waals surface area (Å²) in [4.78, 5) is 7.35. The van der Waals surface area contributed by atoms with Gasteiger partial charge in [-0.15, -0.1) is 10.2 Å². The quantitative estimate of drug-likeness (QED) is 0.798. The van der Waals surface area contributed by atoms with Crippen LogP contribution in [0.15, 0.2) is 35.1 Å². The Kier molecular flexibility index (Phi) is 3.56. The molecule has 21 heavy (non-hydrogen) atoms. The summed E-state index contributed by atoms with van der Waals surface area (Å²) in [7, 11) is 0. The highest BCUT2D eigenvalue weighted by molar-refractivity contribution is 5.39. The number of benzene rings is 1. The number of hydrogen-bond acceptors (Lipinski definition) is 4. The predicted octanol–water partition coefficient (Wildman–Crippen LogP) is 3.09. The molecule has 1 unspecified atom stereocenters. The minimum absolute atomic E-state index is 0.132. The van der Waals surface area contributed by atoms with Gasteiger partial charge in [0.25, 0.3) is 0 Å². The average molecular weight is 282 g/mol. The van der Waals surface area contributed by atoms with E-state index >= 15 is 0 Å². The van der Waals surface area contributed by atoms with Crippen molar-refractivity contribution in [3.05, 3.63) is 64.9 Å². The van der Waals surface area contributed by atoms with Gasteiger partial charge in [0.15, 0.2) is 0 Å². The molecule has 1 atom stereocenters. The van der Waals surface area contributed by atoms with Gasteiger partial charge in [0.05, 0.1) is 6.33 Å². The Morgan fingerprint density at radius 1 is 1.19 bits per heavy atom. The third-order valence-electron chi connectivity index (χ3n) is 3.86. The van der Waals surface area contributed by atoms with Gasteiger partial charge in [-0.05, 0) is 30.5 Å². The van der Waals surface area contributed by atoms with Crippen LogP contribution in [0.25, 0.3) is 0 Å². The van der Waals surface area contributed by atoms with Crippen LogP contribution in [0.4, 0.5) is 0 Å². The fraction of sp³-hybridized carbons (Fsp3) is 0.312. The number of hydrogen-bond donors (Lipinski definition) is 1. The summed E-state index contributed by atoms with van der Waals surface area (Å²) in [6.07, 6.45) is 4.22. The van der Waals surface area contributed by atoms with Gasteiger partial charge in [0.2, 0.25) is 11.8 Å². The molecular formula is C16H18N4O. The second-order valence-electron chi connectivity index (χ2n) is 5.27. The van der Waals surface area contributed by atoms with Crippen molar-refractivity contribution in [2.75, 3.05) is 0 Å². The summed E-state index contributed by atoms with van der Waals surface area (Å²) in [6, 6.07) is 6.36. The normalized spacial score (nSPS) is 12.5. The maximum absolute atomic E-state index is 5.55. The van der Waals surface area contributed by atoms with Gasteiger partial charge in [-0.2, -0.15) is 0 Å². The Bertz CT molecular complexity index is 731. The number of imidazole rings is 1. The molecule has 108 valence electrons. The Hall–Kier alpha value is -2.43. The van der Waals surface area contributed by atoms with E-state index in [9.17, 15) is 0 Å². The number of nitrogens with zero attached hydrogens (tertiary/aromatic N) is 3. The molecule has 0 spiro atoms. The Morgan fingerprint density at radius 2 is 2.05 bits per heavy atom. The fourth-order valence-electron chi connectivity index (χ4n) is 2.59. The molecule has 3 aromatic rings. The first-order valence-corrected chi connectivity index (χ1v) is 6.98. The van der Waals surface area contributed by atoms with E-state index in [0.717, 1.165) is 5.69 Å². The van der Waals surface area contributed by atoms with Crippen LogP contribution >= 0.6 is 0 Å². The molecule has 2 heterocycles.